The van der Waals surface area contributed by atoms with Crippen LogP contribution in [-0.4, -0.2) is 36.3 Å². The van der Waals surface area contributed by atoms with E-state index in [1.54, 1.807) is 0 Å². The first-order chi connectivity index (χ1) is 15.6. The van der Waals surface area contributed by atoms with Crippen LogP contribution in [0.25, 0.3) is 0 Å². The van der Waals surface area contributed by atoms with Crippen molar-refractivity contribution in [1.82, 2.24) is 4.90 Å². The van der Waals surface area contributed by atoms with Crippen molar-refractivity contribution in [2.45, 2.75) is 26.2 Å². The van der Waals surface area contributed by atoms with Gasteiger partial charge in [-0.15, -0.1) is 0 Å². The van der Waals surface area contributed by atoms with Crippen molar-refractivity contribution in [2.75, 3.05) is 30.3 Å². The second-order valence-electron chi connectivity index (χ2n) is 8.22. The summed E-state index contributed by atoms with van der Waals surface area (Å²) in [6, 6.07) is 23.8. The second kappa shape index (κ2) is 10.1. The molecule has 0 atom stereocenters. The van der Waals surface area contributed by atoms with Gasteiger partial charge in [0.05, 0.1) is 12.1 Å². The van der Waals surface area contributed by atoms with Gasteiger partial charge in [-0.2, -0.15) is 0 Å². The van der Waals surface area contributed by atoms with E-state index in [2.05, 4.69) is 22.8 Å². The molecule has 3 aromatic carbocycles. The Labute approximate surface area is 189 Å². The van der Waals surface area contributed by atoms with Crippen molar-refractivity contribution in [1.29, 1.82) is 0 Å². The number of hydrogen-bond donors (Lipinski definition) is 2. The number of carbonyl (C=O) groups is 2. The zero-order valence-corrected chi connectivity index (χ0v) is 18.4. The molecule has 0 unspecified atom stereocenters. The summed E-state index contributed by atoms with van der Waals surface area (Å²) in [7, 11) is 0. The van der Waals surface area contributed by atoms with Gasteiger partial charge >= 0.3 is 0 Å². The molecule has 1 saturated heterocycles. The molecule has 0 bridgehead atoms. The van der Waals surface area contributed by atoms with Gasteiger partial charge < -0.3 is 15.5 Å². The van der Waals surface area contributed by atoms with Crippen LogP contribution in [0.2, 0.25) is 0 Å². The van der Waals surface area contributed by atoms with E-state index in [0.29, 0.717) is 11.3 Å². The topological polar surface area (TPSA) is 61.4 Å². The largest absolute Gasteiger partial charge is 0.375 e. The minimum absolute atomic E-state index is 0.0386. The summed E-state index contributed by atoms with van der Waals surface area (Å²) in [5, 5.41) is 6.21. The van der Waals surface area contributed by atoms with Gasteiger partial charge in [-0.25, -0.2) is 0 Å². The highest BCUT2D eigenvalue weighted by Gasteiger charge is 2.23. The maximum Gasteiger partial charge on any atom is 0.256 e. The van der Waals surface area contributed by atoms with E-state index < -0.39 is 0 Å². The van der Waals surface area contributed by atoms with Crippen molar-refractivity contribution in [2.24, 2.45) is 0 Å². The molecule has 5 nitrogen and oxygen atoms in total. The van der Waals surface area contributed by atoms with Gasteiger partial charge in [0.1, 0.15) is 0 Å². The van der Waals surface area contributed by atoms with Crippen molar-refractivity contribution >= 4 is 23.2 Å². The number of likely N-dealkylation sites (tertiary alicyclic amines) is 1. The minimum Gasteiger partial charge on any atom is -0.375 e. The highest BCUT2D eigenvalue weighted by atomic mass is 16.2. The number of rotatable bonds is 7. The van der Waals surface area contributed by atoms with Crippen LogP contribution in [0.1, 0.15) is 39.9 Å². The lowest BCUT2D eigenvalue weighted by Gasteiger charge is -2.20. The monoisotopic (exact) mass is 427 g/mol. The van der Waals surface area contributed by atoms with Gasteiger partial charge in [-0.1, -0.05) is 60.7 Å². The van der Waals surface area contributed by atoms with Gasteiger partial charge in [0.2, 0.25) is 5.91 Å². The molecule has 164 valence electrons. The average molecular weight is 428 g/mol. The molecule has 2 N–H and O–H groups in total. The van der Waals surface area contributed by atoms with Crippen molar-refractivity contribution in [3.63, 3.8) is 0 Å². The molecule has 5 heteroatoms. The molecule has 2 amide bonds. The lowest BCUT2D eigenvalue weighted by molar-refractivity contribution is -0.114. The molecule has 4 rings (SSSR count). The first kappa shape index (κ1) is 21.6. The normalized spacial score (nSPS) is 13.1. The molecular formula is C27H29N3O2. The highest BCUT2D eigenvalue weighted by molar-refractivity contribution is 6.02. The fraction of sp³-hybridized carbons (Fsp3) is 0.259. The number of hydrogen-bond acceptors (Lipinski definition) is 3. The van der Waals surface area contributed by atoms with Crippen LogP contribution in [0.4, 0.5) is 11.4 Å². The SMILES string of the molecule is Cc1cccc(NCC(=O)Nc2ccccc2Cc2ccccc2)c1C(=O)N1CCCC1. The molecule has 1 fully saturated rings. The van der Waals surface area contributed by atoms with E-state index in [9.17, 15) is 9.59 Å². The van der Waals surface area contributed by atoms with Crippen molar-refractivity contribution in [3.05, 3.63) is 95.1 Å². The lowest BCUT2D eigenvalue weighted by atomic mass is 10.0. The van der Waals surface area contributed by atoms with Gasteiger partial charge in [-0.3, -0.25) is 9.59 Å². The van der Waals surface area contributed by atoms with Crippen LogP contribution in [-0.2, 0) is 11.2 Å². The fourth-order valence-electron chi connectivity index (χ4n) is 4.16. The van der Waals surface area contributed by atoms with Crippen LogP contribution in [0, 0.1) is 6.92 Å². The summed E-state index contributed by atoms with van der Waals surface area (Å²) in [4.78, 5) is 27.7. The van der Waals surface area contributed by atoms with Crippen molar-refractivity contribution in [3.8, 4) is 0 Å². The number of carbonyl (C=O) groups excluding carboxylic acids is 2. The molecule has 0 aromatic heterocycles. The maximum atomic E-state index is 13.0. The van der Waals surface area contributed by atoms with Gasteiger partial charge in [0, 0.05) is 24.5 Å². The molecule has 1 aliphatic heterocycles. The zero-order valence-electron chi connectivity index (χ0n) is 18.4. The summed E-state index contributed by atoms with van der Waals surface area (Å²) in [5.74, 6) is -0.108. The Morgan fingerprint density at radius 3 is 2.31 bits per heavy atom. The fourth-order valence-corrected chi connectivity index (χ4v) is 4.16. The van der Waals surface area contributed by atoms with Crippen LogP contribution in [0.5, 0.6) is 0 Å². The molecule has 0 saturated carbocycles. The number of nitrogens with zero attached hydrogens (tertiary/aromatic N) is 1. The van der Waals surface area contributed by atoms with Crippen LogP contribution < -0.4 is 10.6 Å². The zero-order chi connectivity index (χ0) is 22.3. The van der Waals surface area contributed by atoms with E-state index in [1.165, 1.54) is 5.56 Å². The summed E-state index contributed by atoms with van der Waals surface area (Å²) in [6.07, 6.45) is 2.84. The van der Waals surface area contributed by atoms with E-state index in [0.717, 1.165) is 49.2 Å². The smallest absolute Gasteiger partial charge is 0.256 e. The summed E-state index contributed by atoms with van der Waals surface area (Å²) < 4.78 is 0. The van der Waals surface area contributed by atoms with Crippen LogP contribution >= 0.6 is 0 Å². The van der Waals surface area contributed by atoms with Crippen LogP contribution in [0.15, 0.2) is 72.8 Å². The van der Waals surface area contributed by atoms with Gasteiger partial charge in [0.15, 0.2) is 0 Å². The molecule has 1 heterocycles. The molecule has 0 radical (unpaired) electrons. The first-order valence-electron chi connectivity index (χ1n) is 11.2. The van der Waals surface area contributed by atoms with E-state index in [-0.39, 0.29) is 18.4 Å². The summed E-state index contributed by atoms with van der Waals surface area (Å²) in [6.45, 7) is 3.62. The third-order valence-electron chi connectivity index (χ3n) is 5.85. The number of amides is 2. The molecular weight excluding hydrogens is 398 g/mol. The average Bonchev–Trinajstić information content (AvgIpc) is 3.34. The van der Waals surface area contributed by atoms with E-state index in [4.69, 9.17) is 0 Å². The third kappa shape index (κ3) is 5.17. The standard InChI is InChI=1S/C27H29N3O2/c1-20-10-9-15-24(26(20)27(32)30-16-7-8-17-30)28-19-25(31)29-23-14-6-5-13-22(23)18-21-11-3-2-4-12-21/h2-6,9-15,28H,7-8,16-19H2,1H3,(H,29,31). The number of anilines is 2. The number of para-hydroxylation sites is 1. The molecule has 3 aromatic rings. The lowest BCUT2D eigenvalue weighted by Crippen LogP contribution is -2.30. The molecule has 0 aliphatic carbocycles. The Morgan fingerprint density at radius 1 is 0.844 bits per heavy atom. The Balaban J connectivity index is 1.43. The Kier molecular flexibility index (Phi) is 6.85. The Morgan fingerprint density at radius 2 is 1.53 bits per heavy atom. The predicted molar refractivity (Wildman–Crippen MR) is 129 cm³/mol. The summed E-state index contributed by atoms with van der Waals surface area (Å²) in [5.41, 5.74) is 5.34. The molecule has 1 aliphatic rings. The quantitative estimate of drug-likeness (QED) is 0.565. The van der Waals surface area contributed by atoms with Gasteiger partial charge in [0.25, 0.3) is 5.91 Å². The number of benzene rings is 3. The number of aryl methyl sites for hydroxylation is 1. The van der Waals surface area contributed by atoms with Crippen molar-refractivity contribution < 1.29 is 9.59 Å². The number of nitrogens with one attached hydrogen (secondary N) is 2. The maximum absolute atomic E-state index is 13.0. The Hall–Kier alpha value is -3.60. The predicted octanol–water partition coefficient (Wildman–Crippen LogP) is 4.87. The van der Waals surface area contributed by atoms with Gasteiger partial charge in [-0.05, 0) is 55.0 Å². The summed E-state index contributed by atoms with van der Waals surface area (Å²) >= 11 is 0. The highest BCUT2D eigenvalue weighted by Crippen LogP contribution is 2.24. The molecule has 0 spiro atoms. The minimum atomic E-state index is -0.147. The second-order valence-corrected chi connectivity index (χ2v) is 8.22. The van der Waals surface area contributed by atoms with Crippen LogP contribution in [0.3, 0.4) is 0 Å². The Bertz CT molecular complexity index is 1090. The first-order valence-corrected chi connectivity index (χ1v) is 11.2. The third-order valence-corrected chi connectivity index (χ3v) is 5.85. The van der Waals surface area contributed by atoms with E-state index in [1.807, 2.05) is 72.5 Å². The van der Waals surface area contributed by atoms with E-state index >= 15 is 0 Å². The molecule has 32 heavy (non-hydrogen) atoms.